The van der Waals surface area contributed by atoms with E-state index in [4.69, 9.17) is 22.1 Å². The molecule has 154 valence electrons. The lowest BCUT2D eigenvalue weighted by atomic mass is 9.94. The molecule has 2 rings (SSSR count). The maximum absolute atomic E-state index is 9.26. The van der Waals surface area contributed by atoms with Gasteiger partial charge in [-0.05, 0) is 48.2 Å². The van der Waals surface area contributed by atoms with Gasteiger partial charge in [0.2, 0.25) is 0 Å². The standard InChI is InChI=1S/C22H32ClNO3Si/c1-28(2,21-7-4-3-6-20(21)23)15-5-14-27-19-10-8-18(9-11-19)12-13-22(24,16-25)17-26/h3-4,6-11,25-26H,5,12-17,24H2,1-2H3. The Hall–Kier alpha value is -1.37. The second-order valence-corrected chi connectivity index (χ2v) is 13.4. The Morgan fingerprint density at radius 3 is 2.29 bits per heavy atom. The summed E-state index contributed by atoms with van der Waals surface area (Å²) in [6, 6.07) is 17.2. The SMILES string of the molecule is C[Si](C)(CCCOc1ccc(CCC(N)(CO)CO)cc1)c1ccccc1Cl. The van der Waals surface area contributed by atoms with E-state index in [2.05, 4.69) is 25.2 Å². The Labute approximate surface area is 174 Å². The number of aliphatic hydroxyl groups is 2. The van der Waals surface area contributed by atoms with Gasteiger partial charge in [0, 0.05) is 5.02 Å². The average Bonchev–Trinajstić information content (AvgIpc) is 2.70. The van der Waals surface area contributed by atoms with Gasteiger partial charge in [-0.15, -0.1) is 0 Å². The predicted octanol–water partition coefficient (Wildman–Crippen LogP) is 3.34. The number of aliphatic hydroxyl groups excluding tert-OH is 2. The molecule has 28 heavy (non-hydrogen) atoms. The van der Waals surface area contributed by atoms with Crippen molar-refractivity contribution in [3.8, 4) is 5.75 Å². The highest BCUT2D eigenvalue weighted by Crippen LogP contribution is 2.19. The van der Waals surface area contributed by atoms with Gasteiger partial charge in [-0.1, -0.05) is 61.1 Å². The number of halogens is 1. The first kappa shape index (κ1) is 22.9. The lowest BCUT2D eigenvalue weighted by Crippen LogP contribution is -2.47. The third-order valence-electron chi connectivity index (χ3n) is 5.28. The third-order valence-corrected chi connectivity index (χ3v) is 9.27. The van der Waals surface area contributed by atoms with Crippen molar-refractivity contribution < 1.29 is 14.9 Å². The fraction of sp³-hybridized carbons (Fsp3) is 0.455. The first-order chi connectivity index (χ1) is 13.3. The summed E-state index contributed by atoms with van der Waals surface area (Å²) < 4.78 is 5.89. The van der Waals surface area contributed by atoms with Crippen LogP contribution >= 0.6 is 11.6 Å². The largest absolute Gasteiger partial charge is 0.494 e. The summed E-state index contributed by atoms with van der Waals surface area (Å²) in [5.74, 6) is 0.851. The predicted molar refractivity (Wildman–Crippen MR) is 119 cm³/mol. The molecule has 2 aromatic carbocycles. The van der Waals surface area contributed by atoms with Crippen LogP contribution in [0.2, 0.25) is 24.2 Å². The van der Waals surface area contributed by atoms with E-state index in [1.807, 2.05) is 36.4 Å². The van der Waals surface area contributed by atoms with Gasteiger partial charge in [0.25, 0.3) is 0 Å². The zero-order valence-corrected chi connectivity index (χ0v) is 18.6. The molecular weight excluding hydrogens is 390 g/mol. The lowest BCUT2D eigenvalue weighted by molar-refractivity contribution is 0.115. The van der Waals surface area contributed by atoms with Crippen LogP contribution in [0.1, 0.15) is 18.4 Å². The highest BCUT2D eigenvalue weighted by molar-refractivity contribution is 6.91. The monoisotopic (exact) mass is 421 g/mol. The molecular formula is C22H32ClNO3Si. The second kappa shape index (κ2) is 10.4. The Kier molecular flexibility index (Phi) is 8.52. The second-order valence-electron chi connectivity index (χ2n) is 8.14. The van der Waals surface area contributed by atoms with Crippen molar-refractivity contribution in [3.05, 3.63) is 59.1 Å². The van der Waals surface area contributed by atoms with Crippen molar-refractivity contribution in [1.82, 2.24) is 0 Å². The van der Waals surface area contributed by atoms with Gasteiger partial charge < -0.3 is 20.7 Å². The number of ether oxygens (including phenoxy) is 1. The van der Waals surface area contributed by atoms with Crippen LogP contribution in [0.15, 0.2) is 48.5 Å². The molecule has 0 atom stereocenters. The molecule has 0 saturated carbocycles. The first-order valence-electron chi connectivity index (χ1n) is 9.77. The van der Waals surface area contributed by atoms with E-state index >= 15 is 0 Å². The van der Waals surface area contributed by atoms with E-state index in [0.717, 1.165) is 28.8 Å². The molecule has 0 spiro atoms. The number of aryl methyl sites for hydroxylation is 1. The number of benzene rings is 2. The van der Waals surface area contributed by atoms with Crippen LogP contribution in [0.3, 0.4) is 0 Å². The minimum atomic E-state index is -1.57. The van der Waals surface area contributed by atoms with Crippen LogP contribution in [0.5, 0.6) is 5.75 Å². The van der Waals surface area contributed by atoms with Gasteiger partial charge in [-0.25, -0.2) is 0 Å². The van der Waals surface area contributed by atoms with Gasteiger partial charge in [-0.3, -0.25) is 0 Å². The zero-order valence-electron chi connectivity index (χ0n) is 16.8. The minimum absolute atomic E-state index is 0.224. The fourth-order valence-electron chi connectivity index (χ4n) is 3.20. The molecule has 0 bridgehead atoms. The smallest absolute Gasteiger partial charge is 0.119 e. The molecule has 0 aliphatic carbocycles. The van der Waals surface area contributed by atoms with Crippen LogP contribution in [0.4, 0.5) is 0 Å². The molecule has 0 radical (unpaired) electrons. The molecule has 0 fully saturated rings. The number of rotatable bonds is 11. The highest BCUT2D eigenvalue weighted by atomic mass is 35.5. The summed E-state index contributed by atoms with van der Waals surface area (Å²) in [5.41, 5.74) is 6.10. The molecule has 0 aliphatic heterocycles. The van der Waals surface area contributed by atoms with Crippen molar-refractivity contribution in [2.45, 2.75) is 43.9 Å². The van der Waals surface area contributed by atoms with Crippen LogP contribution in [0, 0.1) is 0 Å². The lowest BCUT2D eigenvalue weighted by Gasteiger charge is -2.24. The van der Waals surface area contributed by atoms with E-state index < -0.39 is 13.6 Å². The van der Waals surface area contributed by atoms with E-state index in [1.54, 1.807) is 0 Å². The maximum atomic E-state index is 9.26. The van der Waals surface area contributed by atoms with E-state index in [1.165, 1.54) is 5.19 Å². The summed E-state index contributed by atoms with van der Waals surface area (Å²) >= 11 is 6.37. The Morgan fingerprint density at radius 1 is 1.04 bits per heavy atom. The molecule has 0 amide bonds. The van der Waals surface area contributed by atoms with Crippen molar-refractivity contribution in [2.24, 2.45) is 5.73 Å². The van der Waals surface area contributed by atoms with Crippen molar-refractivity contribution in [1.29, 1.82) is 0 Å². The Morgan fingerprint density at radius 2 is 1.68 bits per heavy atom. The quantitative estimate of drug-likeness (QED) is 0.384. The number of nitrogens with two attached hydrogens (primary N) is 1. The summed E-state index contributed by atoms with van der Waals surface area (Å²) in [6.07, 6.45) is 2.23. The van der Waals surface area contributed by atoms with Crippen molar-refractivity contribution in [2.75, 3.05) is 19.8 Å². The molecule has 6 heteroatoms. The molecule has 0 saturated heterocycles. The molecule has 2 aromatic rings. The van der Waals surface area contributed by atoms with Crippen LogP contribution in [-0.2, 0) is 6.42 Å². The molecule has 0 heterocycles. The average molecular weight is 422 g/mol. The normalized spacial score (nSPS) is 12.2. The maximum Gasteiger partial charge on any atom is 0.119 e. The highest BCUT2D eigenvalue weighted by Gasteiger charge is 2.25. The molecule has 4 nitrogen and oxygen atoms in total. The van der Waals surface area contributed by atoms with Gasteiger partial charge in [0.05, 0.1) is 33.4 Å². The molecule has 0 aliphatic rings. The molecule has 0 aromatic heterocycles. The Balaban J connectivity index is 1.78. The van der Waals surface area contributed by atoms with E-state index in [0.29, 0.717) is 19.4 Å². The number of hydrogen-bond acceptors (Lipinski definition) is 4. The Bertz CT molecular complexity index is 733. The van der Waals surface area contributed by atoms with Crippen molar-refractivity contribution in [3.63, 3.8) is 0 Å². The van der Waals surface area contributed by atoms with Crippen LogP contribution in [-0.4, -0.2) is 43.6 Å². The first-order valence-corrected chi connectivity index (χ1v) is 13.4. The number of hydrogen-bond donors (Lipinski definition) is 3. The van der Waals surface area contributed by atoms with Gasteiger partial charge in [0.15, 0.2) is 0 Å². The molecule has 0 unspecified atom stereocenters. The summed E-state index contributed by atoms with van der Waals surface area (Å²) in [6.45, 7) is 4.93. The van der Waals surface area contributed by atoms with E-state index in [9.17, 15) is 10.2 Å². The summed E-state index contributed by atoms with van der Waals surface area (Å²) in [4.78, 5) is 0. The zero-order chi connectivity index (χ0) is 20.6. The minimum Gasteiger partial charge on any atom is -0.494 e. The summed E-state index contributed by atoms with van der Waals surface area (Å²) in [5, 5.41) is 20.7. The van der Waals surface area contributed by atoms with Crippen LogP contribution in [0.25, 0.3) is 0 Å². The van der Waals surface area contributed by atoms with Crippen LogP contribution < -0.4 is 15.7 Å². The fourth-order valence-corrected chi connectivity index (χ4v) is 6.68. The summed E-state index contributed by atoms with van der Waals surface area (Å²) in [7, 11) is -1.57. The van der Waals surface area contributed by atoms with Crippen molar-refractivity contribution >= 4 is 24.9 Å². The topological polar surface area (TPSA) is 75.7 Å². The molecule has 4 N–H and O–H groups in total. The van der Waals surface area contributed by atoms with Gasteiger partial charge in [-0.2, -0.15) is 0 Å². The van der Waals surface area contributed by atoms with Gasteiger partial charge in [0.1, 0.15) is 5.75 Å². The third kappa shape index (κ3) is 6.60. The van der Waals surface area contributed by atoms with Gasteiger partial charge >= 0.3 is 0 Å². The van der Waals surface area contributed by atoms with E-state index in [-0.39, 0.29) is 13.2 Å².